The molecule has 1 spiro atoms. The predicted molar refractivity (Wildman–Crippen MR) is 158 cm³/mol. The molecule has 0 radical (unpaired) electrons. The third kappa shape index (κ3) is 4.75. The summed E-state index contributed by atoms with van der Waals surface area (Å²) in [5.74, 6) is -2.80. The molecule has 3 aromatic rings. The minimum absolute atomic E-state index is 0.0664. The first kappa shape index (κ1) is 28.6. The summed E-state index contributed by atoms with van der Waals surface area (Å²) in [4.78, 5) is 44.0. The van der Waals surface area contributed by atoms with Crippen LogP contribution in [0.5, 0.6) is 0 Å². The number of nitrogens with one attached hydrogen (secondary N) is 1. The molecule has 2 amide bonds. The van der Waals surface area contributed by atoms with E-state index in [0.717, 1.165) is 18.4 Å². The number of methoxy groups -OCH3 is 1. The Kier molecular flexibility index (Phi) is 7.50. The number of benzene rings is 3. The van der Waals surface area contributed by atoms with Crippen LogP contribution < -0.4 is 5.32 Å². The Bertz CT molecular complexity index is 1580. The number of fused-ring (bicyclic) bond motifs is 2. The highest BCUT2D eigenvalue weighted by Gasteiger charge is 2.65. The van der Waals surface area contributed by atoms with Crippen molar-refractivity contribution in [3.63, 3.8) is 0 Å². The summed E-state index contributed by atoms with van der Waals surface area (Å²) in [7, 11) is 3.01. The fourth-order valence-corrected chi connectivity index (χ4v) is 7.00. The first-order valence-corrected chi connectivity index (χ1v) is 14.6. The van der Waals surface area contributed by atoms with Gasteiger partial charge in [-0.25, -0.2) is 9.18 Å². The van der Waals surface area contributed by atoms with Crippen molar-refractivity contribution in [2.75, 3.05) is 32.6 Å². The van der Waals surface area contributed by atoms with Crippen LogP contribution in [0.3, 0.4) is 0 Å². The number of halogens is 3. The summed E-state index contributed by atoms with van der Waals surface area (Å²) < 4.78 is 20.7. The highest BCUT2D eigenvalue weighted by atomic mass is 35.5. The van der Waals surface area contributed by atoms with Crippen molar-refractivity contribution in [2.24, 2.45) is 11.8 Å². The van der Waals surface area contributed by atoms with Crippen molar-refractivity contribution >= 4 is 46.7 Å². The topological polar surface area (TPSA) is 79.0 Å². The van der Waals surface area contributed by atoms with E-state index in [0.29, 0.717) is 34.3 Å². The molecule has 3 aliphatic rings. The van der Waals surface area contributed by atoms with E-state index in [2.05, 4.69) is 10.2 Å². The largest absolute Gasteiger partial charge is 0.465 e. The van der Waals surface area contributed by atoms with Gasteiger partial charge in [-0.05, 0) is 60.2 Å². The van der Waals surface area contributed by atoms with Gasteiger partial charge in [-0.1, -0.05) is 53.5 Å². The number of hydrogen-bond acceptors (Lipinski definition) is 5. The highest BCUT2D eigenvalue weighted by molar-refractivity contribution is 6.31. The van der Waals surface area contributed by atoms with Gasteiger partial charge in [0.1, 0.15) is 11.4 Å². The van der Waals surface area contributed by atoms with Crippen LogP contribution in [0.2, 0.25) is 10.0 Å². The number of anilines is 1. The number of nitrogens with zero attached hydrogens (tertiary/aromatic N) is 2. The van der Waals surface area contributed by atoms with Crippen LogP contribution in [0, 0.1) is 17.7 Å². The monoisotopic (exact) mass is 609 g/mol. The van der Waals surface area contributed by atoms with Gasteiger partial charge < -0.3 is 15.0 Å². The summed E-state index contributed by atoms with van der Waals surface area (Å²) >= 11 is 12.6. The van der Waals surface area contributed by atoms with E-state index in [4.69, 9.17) is 27.9 Å². The zero-order valence-electron chi connectivity index (χ0n) is 23.2. The Balaban J connectivity index is 1.43. The van der Waals surface area contributed by atoms with Crippen LogP contribution in [0.15, 0.2) is 60.7 Å². The van der Waals surface area contributed by atoms with Crippen LogP contribution in [0.1, 0.15) is 45.8 Å². The number of rotatable bonds is 7. The van der Waals surface area contributed by atoms with Gasteiger partial charge >= 0.3 is 5.97 Å². The van der Waals surface area contributed by atoms with Crippen molar-refractivity contribution in [3.8, 4) is 0 Å². The summed E-state index contributed by atoms with van der Waals surface area (Å²) in [6.45, 7) is 1.14. The number of carbonyl (C=O) groups excluding carboxylic acids is 3. The fourth-order valence-electron chi connectivity index (χ4n) is 6.64. The second-order valence-electron chi connectivity index (χ2n) is 11.4. The molecule has 2 fully saturated rings. The van der Waals surface area contributed by atoms with Crippen molar-refractivity contribution in [3.05, 3.63) is 98.8 Å². The van der Waals surface area contributed by atoms with Crippen molar-refractivity contribution in [1.29, 1.82) is 0 Å². The Hall–Kier alpha value is -3.46. The minimum Gasteiger partial charge on any atom is -0.465 e. The Morgan fingerprint density at radius 1 is 1.12 bits per heavy atom. The van der Waals surface area contributed by atoms with Crippen LogP contribution in [-0.2, 0) is 26.4 Å². The van der Waals surface area contributed by atoms with Gasteiger partial charge in [-0.3, -0.25) is 14.5 Å². The normalized spacial score (nSPS) is 23.1. The van der Waals surface area contributed by atoms with Gasteiger partial charge in [0.15, 0.2) is 0 Å². The molecular formula is C32H30Cl2FN3O4. The maximum absolute atomic E-state index is 15.9. The van der Waals surface area contributed by atoms with E-state index >= 15 is 4.39 Å². The van der Waals surface area contributed by atoms with E-state index < -0.39 is 29.2 Å². The molecule has 0 aromatic heterocycles. The summed E-state index contributed by atoms with van der Waals surface area (Å²) in [6, 6.07) is 16.8. The third-order valence-electron chi connectivity index (χ3n) is 8.74. The van der Waals surface area contributed by atoms with Crippen molar-refractivity contribution < 1.29 is 23.5 Å². The number of likely N-dealkylation sites (tertiary alicyclic amines) is 1. The fraction of sp³-hybridized carbons (Fsp3) is 0.344. The lowest BCUT2D eigenvalue weighted by atomic mass is 9.71. The van der Waals surface area contributed by atoms with Gasteiger partial charge in [0.25, 0.3) is 0 Å². The van der Waals surface area contributed by atoms with Crippen LogP contribution in [0.25, 0.3) is 0 Å². The quantitative estimate of drug-likeness (QED) is 0.340. The molecule has 2 aliphatic heterocycles. The SMILES string of the molecule is COC(=O)c1ccc(CN(C)C(=O)C2CN(CC3CC3)[C@@]3(C(=O)Nc4cc(Cl)ccc43)[C@H]2c2cccc(Cl)c2F)cc1. The molecule has 7 nitrogen and oxygen atoms in total. The lowest BCUT2D eigenvalue weighted by Crippen LogP contribution is -2.51. The molecule has 2 heterocycles. The average Bonchev–Trinajstić information content (AvgIpc) is 3.67. The zero-order valence-corrected chi connectivity index (χ0v) is 24.7. The molecule has 1 aliphatic carbocycles. The number of carbonyl (C=O) groups is 3. The van der Waals surface area contributed by atoms with E-state index in [1.54, 1.807) is 60.5 Å². The van der Waals surface area contributed by atoms with E-state index in [9.17, 15) is 14.4 Å². The lowest BCUT2D eigenvalue weighted by Gasteiger charge is -2.38. The Morgan fingerprint density at radius 2 is 1.86 bits per heavy atom. The second-order valence-corrected chi connectivity index (χ2v) is 12.2. The molecule has 218 valence electrons. The van der Waals surface area contributed by atoms with E-state index in [1.165, 1.54) is 13.2 Å². The van der Waals surface area contributed by atoms with Gasteiger partial charge in [0.05, 0.1) is 23.6 Å². The van der Waals surface area contributed by atoms with Crippen molar-refractivity contribution in [1.82, 2.24) is 9.80 Å². The maximum atomic E-state index is 15.9. The summed E-state index contributed by atoms with van der Waals surface area (Å²) in [6.07, 6.45) is 2.08. The van der Waals surface area contributed by atoms with Gasteiger partial charge in [-0.15, -0.1) is 0 Å². The molecule has 3 aromatic carbocycles. The highest BCUT2D eigenvalue weighted by Crippen LogP contribution is 2.59. The maximum Gasteiger partial charge on any atom is 0.337 e. The molecule has 1 saturated carbocycles. The molecule has 1 unspecified atom stereocenters. The number of hydrogen-bond donors (Lipinski definition) is 1. The Morgan fingerprint density at radius 3 is 2.55 bits per heavy atom. The molecule has 42 heavy (non-hydrogen) atoms. The molecule has 10 heteroatoms. The molecule has 0 bridgehead atoms. The van der Waals surface area contributed by atoms with E-state index in [-0.39, 0.29) is 35.5 Å². The molecule has 6 rings (SSSR count). The van der Waals surface area contributed by atoms with Crippen LogP contribution in [0.4, 0.5) is 10.1 Å². The number of ether oxygens (including phenoxy) is 1. The molecule has 1 saturated heterocycles. The Labute approximate surface area is 253 Å². The summed E-state index contributed by atoms with van der Waals surface area (Å²) in [5, 5.41) is 3.39. The average molecular weight is 611 g/mol. The second kappa shape index (κ2) is 11.0. The zero-order chi connectivity index (χ0) is 29.8. The van der Waals surface area contributed by atoms with Gasteiger partial charge in [0, 0.05) is 48.9 Å². The first-order valence-electron chi connectivity index (χ1n) is 13.9. The van der Waals surface area contributed by atoms with Crippen LogP contribution >= 0.6 is 23.2 Å². The minimum atomic E-state index is -1.32. The molecular weight excluding hydrogens is 580 g/mol. The van der Waals surface area contributed by atoms with Crippen LogP contribution in [-0.4, -0.2) is 54.8 Å². The lowest BCUT2D eigenvalue weighted by molar-refractivity contribution is -0.135. The summed E-state index contributed by atoms with van der Waals surface area (Å²) in [5.41, 5.74) is 1.37. The number of esters is 1. The van der Waals surface area contributed by atoms with Gasteiger partial charge in [0.2, 0.25) is 11.8 Å². The number of amides is 2. The molecule has 1 N–H and O–H groups in total. The smallest absolute Gasteiger partial charge is 0.337 e. The first-order chi connectivity index (χ1) is 20.1. The van der Waals surface area contributed by atoms with E-state index in [1.807, 2.05) is 6.07 Å². The predicted octanol–water partition coefficient (Wildman–Crippen LogP) is 5.85. The third-order valence-corrected chi connectivity index (χ3v) is 9.26. The van der Waals surface area contributed by atoms with Gasteiger partial charge in [-0.2, -0.15) is 0 Å². The van der Waals surface area contributed by atoms with Crippen molar-refractivity contribution in [2.45, 2.75) is 30.8 Å². The standard InChI is InChI=1S/C32H30Cl2FN3O4/c1-37(15-18-8-10-20(11-9-18)30(40)42-2)29(39)23-17-38(16-19-6-7-19)32(27(23)22-4-3-5-25(34)28(22)35)24-13-12-21(33)14-26(24)36-31(32)41/h3-5,8-14,19,23,27H,6-7,15-17H2,1-2H3,(H,36,41)/t23?,27-,32+/m0/s1. The molecule has 3 atom stereocenters.